The van der Waals surface area contributed by atoms with Gasteiger partial charge in [0.1, 0.15) is 0 Å². The van der Waals surface area contributed by atoms with Crippen LogP contribution in [-0.2, 0) is 11.2 Å². The molecule has 1 amide bonds. The van der Waals surface area contributed by atoms with E-state index in [9.17, 15) is 4.79 Å². The largest absolute Gasteiger partial charge is 0.338 e. The highest BCUT2D eigenvalue weighted by Gasteiger charge is 2.27. The smallest absolute Gasteiger partial charge is 0.228 e. The van der Waals surface area contributed by atoms with E-state index in [2.05, 4.69) is 36.0 Å². The highest BCUT2D eigenvalue weighted by atomic mass is 32.1. The third-order valence-corrected chi connectivity index (χ3v) is 6.01. The normalized spacial score (nSPS) is 14.9. The Labute approximate surface area is 160 Å². The fraction of sp³-hybridized carbons (Fsp3) is 0.524. The second kappa shape index (κ2) is 8.78. The molecule has 0 atom stereocenters. The summed E-state index contributed by atoms with van der Waals surface area (Å²) in [6.07, 6.45) is 5.23. The molecule has 0 radical (unpaired) electrons. The van der Waals surface area contributed by atoms with E-state index in [4.69, 9.17) is 4.98 Å². The van der Waals surface area contributed by atoms with Gasteiger partial charge in [-0.3, -0.25) is 4.79 Å². The Bertz CT molecular complexity index is 720. The summed E-state index contributed by atoms with van der Waals surface area (Å²) in [5, 5.41) is 1.02. The summed E-state index contributed by atoms with van der Waals surface area (Å²) in [4.78, 5) is 23.3. The number of carbonyl (C=O) groups excluding carboxylic acids is 1. The van der Waals surface area contributed by atoms with Crippen molar-refractivity contribution in [3.05, 3.63) is 40.2 Å². The van der Waals surface area contributed by atoms with Crippen molar-refractivity contribution in [2.24, 2.45) is 0 Å². The van der Waals surface area contributed by atoms with Crippen LogP contribution in [0.1, 0.15) is 35.6 Å². The van der Waals surface area contributed by atoms with E-state index in [1.165, 1.54) is 12.8 Å². The van der Waals surface area contributed by atoms with E-state index in [0.29, 0.717) is 12.5 Å². The minimum atomic E-state index is 0.250. The number of aromatic nitrogens is 1. The zero-order chi connectivity index (χ0) is 18.5. The summed E-state index contributed by atoms with van der Waals surface area (Å²) in [6, 6.07) is 10.6. The van der Waals surface area contributed by atoms with Crippen LogP contribution in [0.3, 0.4) is 0 Å². The fourth-order valence-electron chi connectivity index (χ4n) is 3.68. The lowest BCUT2D eigenvalue weighted by molar-refractivity contribution is -0.132. The molecule has 0 spiro atoms. The molecule has 0 bridgehead atoms. The summed E-state index contributed by atoms with van der Waals surface area (Å²) in [5.74, 6) is 0.250. The minimum absolute atomic E-state index is 0.250. The third kappa shape index (κ3) is 4.71. The summed E-state index contributed by atoms with van der Waals surface area (Å²) in [5.41, 5.74) is 2.07. The highest BCUT2D eigenvalue weighted by molar-refractivity contribution is 7.12. The summed E-state index contributed by atoms with van der Waals surface area (Å²) in [6.45, 7) is 3.75. The van der Waals surface area contributed by atoms with Gasteiger partial charge in [0.2, 0.25) is 5.91 Å². The molecule has 1 aromatic heterocycles. The van der Waals surface area contributed by atoms with Crippen molar-refractivity contribution in [1.82, 2.24) is 14.8 Å². The van der Waals surface area contributed by atoms with Crippen LogP contribution in [0.25, 0.3) is 11.3 Å². The van der Waals surface area contributed by atoms with Crippen LogP contribution in [0.4, 0.5) is 0 Å². The number of amides is 1. The molecule has 1 aliphatic rings. The van der Waals surface area contributed by atoms with Crippen LogP contribution in [0.15, 0.2) is 30.3 Å². The Morgan fingerprint density at radius 2 is 1.85 bits per heavy atom. The Morgan fingerprint density at radius 3 is 2.50 bits per heavy atom. The number of thiazole rings is 1. The molecule has 1 aromatic carbocycles. The van der Waals surface area contributed by atoms with Crippen LogP contribution in [0, 0.1) is 6.92 Å². The van der Waals surface area contributed by atoms with Gasteiger partial charge in [-0.15, -0.1) is 11.3 Å². The number of hydrogen-bond acceptors (Lipinski definition) is 4. The third-order valence-electron chi connectivity index (χ3n) is 5.04. The SMILES string of the molecule is Cc1nc(-c2ccccc2)c(CC(=O)N(CCN(C)C)C2CCCC2)s1. The first-order valence-corrected chi connectivity index (χ1v) is 10.3. The van der Waals surface area contributed by atoms with Gasteiger partial charge in [0.25, 0.3) is 0 Å². The number of likely N-dealkylation sites (N-methyl/N-ethyl adjacent to an activating group) is 1. The molecule has 26 heavy (non-hydrogen) atoms. The first-order valence-electron chi connectivity index (χ1n) is 9.50. The Kier molecular flexibility index (Phi) is 6.43. The van der Waals surface area contributed by atoms with E-state index >= 15 is 0 Å². The molecule has 0 unspecified atom stereocenters. The predicted molar refractivity (Wildman–Crippen MR) is 109 cm³/mol. The summed E-state index contributed by atoms with van der Waals surface area (Å²) >= 11 is 1.65. The molecule has 0 N–H and O–H groups in total. The van der Waals surface area contributed by atoms with Crippen LogP contribution >= 0.6 is 11.3 Å². The molecular formula is C21H29N3OS. The second-order valence-electron chi connectivity index (χ2n) is 7.38. The van der Waals surface area contributed by atoms with Gasteiger partial charge in [0, 0.05) is 29.6 Å². The molecule has 1 heterocycles. The molecule has 5 heteroatoms. The predicted octanol–water partition coefficient (Wildman–Crippen LogP) is 3.99. The van der Waals surface area contributed by atoms with Crippen LogP contribution in [-0.4, -0.2) is 53.9 Å². The molecular weight excluding hydrogens is 342 g/mol. The number of nitrogens with zero attached hydrogens (tertiary/aromatic N) is 3. The molecule has 140 valence electrons. The average Bonchev–Trinajstić information content (AvgIpc) is 3.26. The Morgan fingerprint density at radius 1 is 1.15 bits per heavy atom. The molecule has 3 rings (SSSR count). The van der Waals surface area contributed by atoms with Gasteiger partial charge in [-0.25, -0.2) is 4.98 Å². The van der Waals surface area contributed by atoms with Crippen LogP contribution in [0.5, 0.6) is 0 Å². The zero-order valence-corrected chi connectivity index (χ0v) is 16.9. The molecule has 4 nitrogen and oxygen atoms in total. The van der Waals surface area contributed by atoms with Gasteiger partial charge >= 0.3 is 0 Å². The van der Waals surface area contributed by atoms with Crippen molar-refractivity contribution in [3.63, 3.8) is 0 Å². The topological polar surface area (TPSA) is 36.4 Å². The summed E-state index contributed by atoms with van der Waals surface area (Å²) < 4.78 is 0. The van der Waals surface area contributed by atoms with Crippen LogP contribution < -0.4 is 0 Å². The Hall–Kier alpha value is -1.72. The number of aryl methyl sites for hydroxylation is 1. The molecule has 0 saturated heterocycles. The van der Waals surface area contributed by atoms with Crippen LogP contribution in [0.2, 0.25) is 0 Å². The van der Waals surface area contributed by atoms with Crippen molar-refractivity contribution < 1.29 is 4.79 Å². The standard InChI is InChI=1S/C21H29N3OS/c1-16-22-21(17-9-5-4-6-10-17)19(26-16)15-20(25)24(14-13-23(2)3)18-11-7-8-12-18/h4-6,9-10,18H,7-8,11-15H2,1-3H3. The summed E-state index contributed by atoms with van der Waals surface area (Å²) in [7, 11) is 4.13. The lowest BCUT2D eigenvalue weighted by Crippen LogP contribution is -2.43. The molecule has 1 aliphatic carbocycles. The van der Waals surface area contributed by atoms with E-state index in [1.807, 2.05) is 25.1 Å². The molecule has 1 fully saturated rings. The monoisotopic (exact) mass is 371 g/mol. The number of hydrogen-bond donors (Lipinski definition) is 0. The lowest BCUT2D eigenvalue weighted by Gasteiger charge is -2.30. The molecule has 1 saturated carbocycles. The van der Waals surface area contributed by atoms with E-state index in [1.54, 1.807) is 11.3 Å². The zero-order valence-electron chi connectivity index (χ0n) is 16.1. The van der Waals surface area contributed by atoms with Gasteiger partial charge in [-0.2, -0.15) is 0 Å². The Balaban J connectivity index is 1.78. The van der Waals surface area contributed by atoms with Crippen molar-refractivity contribution >= 4 is 17.2 Å². The van der Waals surface area contributed by atoms with Gasteiger partial charge < -0.3 is 9.80 Å². The second-order valence-corrected chi connectivity index (χ2v) is 8.66. The van der Waals surface area contributed by atoms with Gasteiger partial charge in [0.15, 0.2) is 0 Å². The number of carbonyl (C=O) groups is 1. The lowest BCUT2D eigenvalue weighted by atomic mass is 10.1. The average molecular weight is 372 g/mol. The quantitative estimate of drug-likeness (QED) is 0.738. The fourth-order valence-corrected chi connectivity index (χ4v) is 4.63. The number of benzene rings is 1. The maximum absolute atomic E-state index is 13.2. The first kappa shape index (κ1) is 19.1. The van der Waals surface area contributed by atoms with Crippen molar-refractivity contribution in [2.45, 2.75) is 45.1 Å². The van der Waals surface area contributed by atoms with Gasteiger partial charge in [-0.1, -0.05) is 43.2 Å². The maximum Gasteiger partial charge on any atom is 0.228 e. The van der Waals surface area contributed by atoms with Gasteiger partial charge in [0.05, 0.1) is 17.1 Å². The van der Waals surface area contributed by atoms with Crippen molar-refractivity contribution in [3.8, 4) is 11.3 Å². The first-order chi connectivity index (χ1) is 12.5. The molecule has 2 aromatic rings. The van der Waals surface area contributed by atoms with E-state index in [-0.39, 0.29) is 5.91 Å². The van der Waals surface area contributed by atoms with E-state index in [0.717, 1.165) is 47.1 Å². The van der Waals surface area contributed by atoms with E-state index < -0.39 is 0 Å². The van der Waals surface area contributed by atoms with Crippen molar-refractivity contribution in [2.75, 3.05) is 27.2 Å². The molecule has 0 aliphatic heterocycles. The minimum Gasteiger partial charge on any atom is -0.338 e. The van der Waals surface area contributed by atoms with Crippen molar-refractivity contribution in [1.29, 1.82) is 0 Å². The van der Waals surface area contributed by atoms with Gasteiger partial charge in [-0.05, 0) is 33.9 Å². The highest BCUT2D eigenvalue weighted by Crippen LogP contribution is 2.30. The maximum atomic E-state index is 13.2. The number of rotatable bonds is 7.